The lowest BCUT2D eigenvalue weighted by atomic mass is 10.0. The Morgan fingerprint density at radius 1 is 0.309 bits per heavy atom. The quantitative estimate of drug-likeness (QED) is 0.0382. The number of thiophene rings is 2. The molecule has 8 aromatic carbocycles. The maximum atomic E-state index is 13.5. The third kappa shape index (κ3) is 28.8. The van der Waals surface area contributed by atoms with E-state index in [0.29, 0.717) is 118 Å². The van der Waals surface area contributed by atoms with Crippen LogP contribution in [0.25, 0.3) is 55.2 Å². The third-order valence-corrected chi connectivity index (χ3v) is 32.4. The number of rotatable bonds is 33. The molecule has 0 radical (unpaired) electrons. The molecule has 7 aromatic heterocycles. The first-order valence-electron chi connectivity index (χ1n) is 54.3. The number of imidazole rings is 5. The van der Waals surface area contributed by atoms with E-state index in [1.165, 1.54) is 98.0 Å². The molecule has 149 heavy (non-hydrogen) atoms. The summed E-state index contributed by atoms with van der Waals surface area (Å²) in [5, 5.41) is 7.56. The lowest BCUT2D eigenvalue weighted by Crippen LogP contribution is -2.36. The van der Waals surface area contributed by atoms with Gasteiger partial charge in [0.25, 0.3) is 17.7 Å². The van der Waals surface area contributed by atoms with Crippen molar-refractivity contribution in [3.63, 3.8) is 0 Å². The second kappa shape index (κ2) is 52.1. The molecule has 27 heteroatoms. The van der Waals surface area contributed by atoms with Gasteiger partial charge in [-0.1, -0.05) is 270 Å². The molecule has 7 heterocycles. The van der Waals surface area contributed by atoms with Crippen molar-refractivity contribution in [2.24, 2.45) is 29.6 Å². The summed E-state index contributed by atoms with van der Waals surface area (Å²) in [5.41, 5.74) is 16.6. The Labute approximate surface area is 913 Å². The van der Waals surface area contributed by atoms with Crippen LogP contribution in [0.2, 0.25) is 25.1 Å². The Morgan fingerprint density at radius 2 is 0.611 bits per heavy atom. The summed E-state index contributed by atoms with van der Waals surface area (Å²) in [6.07, 6.45) is 25.8. The van der Waals surface area contributed by atoms with Gasteiger partial charge in [0.2, 0.25) is 11.8 Å². The zero-order valence-corrected chi connectivity index (χ0v) is 94.5. The molecule has 15 aromatic rings. The Hall–Kier alpha value is -10.7. The van der Waals surface area contributed by atoms with E-state index in [4.69, 9.17) is 82.9 Å². The first-order valence-corrected chi connectivity index (χ1v) is 57.9. The molecule has 5 aliphatic carbocycles. The summed E-state index contributed by atoms with van der Waals surface area (Å²) < 4.78 is 11.8. The van der Waals surface area contributed by atoms with Crippen molar-refractivity contribution >= 4 is 165 Å². The summed E-state index contributed by atoms with van der Waals surface area (Å²) in [6.45, 7) is 34.0. The van der Waals surface area contributed by atoms with Crippen LogP contribution in [0.1, 0.15) is 321 Å². The van der Waals surface area contributed by atoms with Gasteiger partial charge in [0.15, 0.2) is 0 Å². The fourth-order valence-electron chi connectivity index (χ4n) is 22.4. The largest absolute Gasteiger partial charge is 0.335 e. The van der Waals surface area contributed by atoms with Crippen LogP contribution in [0.5, 0.6) is 0 Å². The molecule has 0 unspecified atom stereocenters. The topological polar surface area (TPSA) is 191 Å². The van der Waals surface area contributed by atoms with Crippen molar-refractivity contribution in [2.45, 2.75) is 301 Å². The fraction of sp³-hybridized carbons (Fsp3) is 0.459. The Balaban J connectivity index is 0.000000133. The SMILES string of the molecule is CC(C)CCN(Cc1nc2ccc(Cl)cc2n1C1CCCC1)C(=O)c1cccs1.CC(C)CN(Cc1nc2ccc(Cl)cc2n1C1CCCC1)C(=O)Cc1ccccc1.CC(C)CN(Cc1nc2ccc(Cl)cc2n1C1CCCC1)C(=O)c1cccs1.Cc1ccc(C(=O)N(Cc2nc3ccc(Cl)cc3n2C2CCCC2)CC(C)C)cc1C.Cc1cccc(CC(=O)N(Cc2nc3ccc(Cl)cc3n2C2CCCC2)CC(C)C)c1. The van der Waals surface area contributed by atoms with E-state index in [-0.39, 0.29) is 29.5 Å². The predicted molar refractivity (Wildman–Crippen MR) is 615 cm³/mol. The second-order valence-corrected chi connectivity index (χ2v) is 47.9. The minimum absolute atomic E-state index is 0.0693. The molecule has 20 rings (SSSR count). The standard InChI is InChI=1S/2C26H32ClN3O.C25H30ClN3O.C23H28ClN3OS.C22H26ClN3OS/c1-17(2)15-29(26(31)20-10-9-18(3)19(4)13-20)16-25-28-23-12-11-21(27)14-24(23)30(25)22-7-5-6-8-22;1-18(2)16-29(26(31)14-20-8-6-7-19(3)13-20)17-25-28-23-12-11-21(27)15-24(23)30(25)22-9-4-5-10-22;1-18(2)16-28(25(30)14-19-8-4-3-5-9-19)17-24-27-22-13-12-20(26)15-23(22)29(24)21-10-6-7-11-21;1-16(2)11-12-26(23(28)21-8-5-13-29-21)15-22-25-19-10-9-17(24)14-20(19)27(22)18-6-3-4-7-18;1-15(2)13-25(22(27)20-8-5-11-28-20)14-21-24-18-10-9-16(23)12-19(18)26(21)17-6-3-4-7-17/h9-14,17,22H,5-8,15-16H2,1-4H3;6-8,11-13,15,18,22H,4-5,9-10,14,16-17H2,1-3H3;3-5,8-9,12-13,15,18,21H,6-7,10-11,14,16-17H2,1-2H3;5,8-10,13-14,16,18H,3-4,6-7,11-12,15H2,1-2H3;5,8-12,15,17H,3-4,6-7,13-14H2,1-2H3. The first-order chi connectivity index (χ1) is 71.8. The van der Waals surface area contributed by atoms with Gasteiger partial charge in [-0.05, 0) is 269 Å². The van der Waals surface area contributed by atoms with E-state index in [1.54, 1.807) is 0 Å². The minimum Gasteiger partial charge on any atom is -0.335 e. The van der Waals surface area contributed by atoms with Crippen molar-refractivity contribution in [2.75, 3.05) is 32.7 Å². The van der Waals surface area contributed by atoms with E-state index in [2.05, 4.69) is 125 Å². The molecule has 5 aliphatic rings. The highest BCUT2D eigenvalue weighted by molar-refractivity contribution is 7.12. The van der Waals surface area contributed by atoms with Gasteiger partial charge >= 0.3 is 0 Å². The zero-order valence-electron chi connectivity index (χ0n) is 89.1. The van der Waals surface area contributed by atoms with Gasteiger partial charge in [-0.2, -0.15) is 0 Å². The van der Waals surface area contributed by atoms with E-state index in [1.807, 2.05) is 211 Å². The number of hydrogen-bond acceptors (Lipinski definition) is 12. The number of aromatic nitrogens is 10. The predicted octanol–water partition coefficient (Wildman–Crippen LogP) is 31.8. The van der Waals surface area contributed by atoms with Crippen molar-refractivity contribution in [1.29, 1.82) is 0 Å². The lowest BCUT2D eigenvalue weighted by molar-refractivity contribution is -0.132. The van der Waals surface area contributed by atoms with Crippen LogP contribution in [0.4, 0.5) is 0 Å². The van der Waals surface area contributed by atoms with E-state index < -0.39 is 0 Å². The molecule has 0 bridgehead atoms. The fourth-order valence-corrected chi connectivity index (χ4v) is 24.6. The average Bonchev–Trinajstić information content (AvgIpc) is 1.64. The molecule has 20 nitrogen and oxygen atoms in total. The number of aryl methyl sites for hydroxylation is 3. The van der Waals surface area contributed by atoms with Crippen molar-refractivity contribution in [3.8, 4) is 0 Å². The Bertz CT molecular complexity index is 7030. The van der Waals surface area contributed by atoms with Gasteiger partial charge in [-0.3, -0.25) is 24.0 Å². The normalized spacial score (nSPS) is 14.8. The maximum absolute atomic E-state index is 13.5. The monoisotopic (exact) mass is 2140 g/mol. The van der Waals surface area contributed by atoms with Gasteiger partial charge in [-0.25, -0.2) is 24.9 Å². The summed E-state index contributed by atoms with van der Waals surface area (Å²) >= 11 is 34.6. The molecule has 5 saturated carbocycles. The summed E-state index contributed by atoms with van der Waals surface area (Å²) in [5.74, 6) is 7.50. The third-order valence-electron chi connectivity index (χ3n) is 29.5. The molecular formula is C122H148Cl5N15O5S2. The summed E-state index contributed by atoms with van der Waals surface area (Å²) in [7, 11) is 0. The molecule has 788 valence electrons. The van der Waals surface area contributed by atoms with Crippen LogP contribution in [-0.2, 0) is 55.2 Å². The van der Waals surface area contributed by atoms with E-state index in [0.717, 1.165) is 232 Å². The molecule has 0 aliphatic heterocycles. The molecule has 0 saturated heterocycles. The number of halogens is 5. The molecule has 0 spiro atoms. The lowest BCUT2D eigenvalue weighted by Gasteiger charge is -2.26. The van der Waals surface area contributed by atoms with Gasteiger partial charge in [-0.15, -0.1) is 22.7 Å². The maximum Gasteiger partial charge on any atom is 0.264 e. The highest BCUT2D eigenvalue weighted by atomic mass is 35.5. The first kappa shape index (κ1) is 111. The minimum atomic E-state index is 0.0693. The number of fused-ring (bicyclic) bond motifs is 5. The average molecular weight is 2150 g/mol. The number of carbonyl (C=O) groups excluding carboxylic acids is 5. The number of carbonyl (C=O) groups is 5. The van der Waals surface area contributed by atoms with Crippen LogP contribution >= 0.6 is 80.7 Å². The Morgan fingerprint density at radius 3 is 0.919 bits per heavy atom. The van der Waals surface area contributed by atoms with Crippen LogP contribution in [-0.4, -0.2) is 135 Å². The number of nitrogens with zero attached hydrogens (tertiary/aromatic N) is 15. The number of benzene rings is 8. The number of amides is 5. The highest BCUT2D eigenvalue weighted by Gasteiger charge is 2.35. The van der Waals surface area contributed by atoms with Crippen molar-refractivity contribution < 1.29 is 24.0 Å². The van der Waals surface area contributed by atoms with Gasteiger partial charge in [0.05, 0.1) is 110 Å². The van der Waals surface area contributed by atoms with Gasteiger partial charge in [0.1, 0.15) is 29.1 Å². The van der Waals surface area contributed by atoms with Crippen LogP contribution in [0, 0.1) is 50.4 Å². The van der Waals surface area contributed by atoms with Crippen LogP contribution in [0.3, 0.4) is 0 Å². The van der Waals surface area contributed by atoms with Gasteiger partial charge in [0, 0.05) is 93.6 Å². The Kier molecular flexibility index (Phi) is 38.8. The van der Waals surface area contributed by atoms with Crippen molar-refractivity contribution in [3.05, 3.63) is 296 Å². The highest BCUT2D eigenvalue weighted by Crippen LogP contribution is 2.43. The van der Waals surface area contributed by atoms with Crippen molar-refractivity contribution in [1.82, 2.24) is 72.3 Å². The number of hydrogen-bond donors (Lipinski definition) is 0. The molecule has 5 fully saturated rings. The van der Waals surface area contributed by atoms with Crippen LogP contribution < -0.4 is 0 Å². The van der Waals surface area contributed by atoms with E-state index in [9.17, 15) is 24.0 Å². The van der Waals surface area contributed by atoms with Gasteiger partial charge < -0.3 is 47.3 Å². The summed E-state index contributed by atoms with van der Waals surface area (Å²) in [6, 6.07) is 63.6. The molecule has 5 amide bonds. The molecule has 0 N–H and O–H groups in total. The second-order valence-electron chi connectivity index (χ2n) is 43.8. The molecular weight excluding hydrogens is 2000 g/mol. The molecule has 0 atom stereocenters. The zero-order chi connectivity index (χ0) is 105. The summed E-state index contributed by atoms with van der Waals surface area (Å²) in [4.78, 5) is 103. The smallest absolute Gasteiger partial charge is 0.264 e. The van der Waals surface area contributed by atoms with Crippen LogP contribution in [0.15, 0.2) is 199 Å². The van der Waals surface area contributed by atoms with E-state index >= 15 is 0 Å².